The number of methoxy groups -OCH3 is 1. The summed E-state index contributed by atoms with van der Waals surface area (Å²) < 4.78 is 5.31. The van der Waals surface area contributed by atoms with E-state index < -0.39 is 0 Å². The molecule has 3 N–H and O–H groups in total. The fourth-order valence-corrected chi connectivity index (χ4v) is 2.21. The summed E-state index contributed by atoms with van der Waals surface area (Å²) in [5.41, 5.74) is 6.76. The fraction of sp³-hybridized carbons (Fsp3) is 0.500. The van der Waals surface area contributed by atoms with Gasteiger partial charge in [-0.3, -0.25) is 0 Å². The molecule has 0 radical (unpaired) electrons. The Hall–Kier alpha value is -1.06. The highest BCUT2D eigenvalue weighted by Gasteiger charge is 2.54. The van der Waals surface area contributed by atoms with Crippen LogP contribution in [0, 0.1) is 5.41 Å². The summed E-state index contributed by atoms with van der Waals surface area (Å²) in [6, 6.07) is 7.95. The molecular weight excluding hydrogens is 190 g/mol. The molecular formula is C12H17NO2. The zero-order valence-corrected chi connectivity index (χ0v) is 8.94. The summed E-state index contributed by atoms with van der Waals surface area (Å²) in [6.07, 6.45) is 0.959. The third-order valence-corrected chi connectivity index (χ3v) is 3.43. The quantitative estimate of drug-likeness (QED) is 0.778. The van der Waals surface area contributed by atoms with Crippen molar-refractivity contribution in [2.45, 2.75) is 12.3 Å². The average Bonchev–Trinajstić information content (AvgIpc) is 3.04. The van der Waals surface area contributed by atoms with E-state index in [1.54, 1.807) is 7.11 Å². The molecule has 2 rings (SSSR count). The van der Waals surface area contributed by atoms with E-state index in [0.29, 0.717) is 12.5 Å². The van der Waals surface area contributed by atoms with Crippen LogP contribution in [0.1, 0.15) is 17.9 Å². The topological polar surface area (TPSA) is 55.5 Å². The van der Waals surface area contributed by atoms with Gasteiger partial charge < -0.3 is 15.6 Å². The van der Waals surface area contributed by atoms with E-state index in [1.807, 2.05) is 18.2 Å². The summed E-state index contributed by atoms with van der Waals surface area (Å²) in [4.78, 5) is 0. The Kier molecular flexibility index (Phi) is 2.67. The SMILES string of the molecule is COc1ccccc1[C@@H]1C[C@]1(CN)CO. The smallest absolute Gasteiger partial charge is 0.122 e. The lowest BCUT2D eigenvalue weighted by Gasteiger charge is -2.13. The lowest BCUT2D eigenvalue weighted by molar-refractivity contribution is 0.211. The minimum atomic E-state index is -0.103. The van der Waals surface area contributed by atoms with Crippen molar-refractivity contribution in [2.75, 3.05) is 20.3 Å². The van der Waals surface area contributed by atoms with Gasteiger partial charge in [-0.1, -0.05) is 18.2 Å². The molecule has 1 fully saturated rings. The van der Waals surface area contributed by atoms with Crippen molar-refractivity contribution in [1.82, 2.24) is 0 Å². The molecule has 1 aliphatic rings. The lowest BCUT2D eigenvalue weighted by atomic mass is 9.99. The van der Waals surface area contributed by atoms with Gasteiger partial charge in [0.2, 0.25) is 0 Å². The van der Waals surface area contributed by atoms with Crippen molar-refractivity contribution in [3.63, 3.8) is 0 Å². The molecule has 1 aliphatic carbocycles. The number of ether oxygens (including phenoxy) is 1. The Labute approximate surface area is 89.9 Å². The molecule has 0 aliphatic heterocycles. The standard InChI is InChI=1S/C12H17NO2/c1-15-11-5-3-2-4-9(11)10-6-12(10,7-13)8-14/h2-5,10,14H,6-8,13H2,1H3/t10-,12-/m0/s1. The highest BCUT2D eigenvalue weighted by molar-refractivity contribution is 5.41. The van der Waals surface area contributed by atoms with E-state index in [1.165, 1.54) is 5.56 Å². The third kappa shape index (κ3) is 1.62. The molecule has 3 nitrogen and oxygen atoms in total. The number of rotatable bonds is 4. The molecule has 0 heterocycles. The predicted octanol–water partition coefficient (Wildman–Crippen LogP) is 1.12. The van der Waals surface area contributed by atoms with Gasteiger partial charge in [-0.15, -0.1) is 0 Å². The monoisotopic (exact) mass is 207 g/mol. The molecule has 2 atom stereocenters. The van der Waals surface area contributed by atoms with Gasteiger partial charge in [0.25, 0.3) is 0 Å². The minimum absolute atomic E-state index is 0.103. The Morgan fingerprint density at radius 2 is 2.27 bits per heavy atom. The lowest BCUT2D eigenvalue weighted by Crippen LogP contribution is -2.21. The van der Waals surface area contributed by atoms with E-state index >= 15 is 0 Å². The van der Waals surface area contributed by atoms with Crippen LogP contribution in [0.2, 0.25) is 0 Å². The van der Waals surface area contributed by atoms with Gasteiger partial charge in [0.05, 0.1) is 13.7 Å². The fourth-order valence-electron chi connectivity index (χ4n) is 2.21. The minimum Gasteiger partial charge on any atom is -0.496 e. The Morgan fingerprint density at radius 3 is 2.80 bits per heavy atom. The van der Waals surface area contributed by atoms with Crippen molar-refractivity contribution in [3.8, 4) is 5.75 Å². The zero-order valence-electron chi connectivity index (χ0n) is 8.94. The normalized spacial score (nSPS) is 28.9. The van der Waals surface area contributed by atoms with Crippen molar-refractivity contribution in [2.24, 2.45) is 11.1 Å². The van der Waals surface area contributed by atoms with Crippen LogP contribution in [0.5, 0.6) is 5.75 Å². The van der Waals surface area contributed by atoms with Gasteiger partial charge in [-0.25, -0.2) is 0 Å². The van der Waals surface area contributed by atoms with Gasteiger partial charge in [-0.05, 0) is 24.0 Å². The number of benzene rings is 1. The van der Waals surface area contributed by atoms with Gasteiger partial charge in [0.15, 0.2) is 0 Å². The van der Waals surface area contributed by atoms with Crippen LogP contribution < -0.4 is 10.5 Å². The molecule has 0 unspecified atom stereocenters. The third-order valence-electron chi connectivity index (χ3n) is 3.43. The second kappa shape index (κ2) is 3.83. The summed E-state index contributed by atoms with van der Waals surface area (Å²) in [5, 5.41) is 9.33. The Morgan fingerprint density at radius 1 is 1.53 bits per heavy atom. The molecule has 0 aromatic heterocycles. The molecule has 0 saturated heterocycles. The van der Waals surface area contributed by atoms with Gasteiger partial charge >= 0.3 is 0 Å². The molecule has 3 heteroatoms. The van der Waals surface area contributed by atoms with Gasteiger partial charge in [0.1, 0.15) is 5.75 Å². The summed E-state index contributed by atoms with van der Waals surface area (Å²) in [7, 11) is 1.67. The molecule has 0 amide bonds. The predicted molar refractivity (Wildman–Crippen MR) is 58.9 cm³/mol. The van der Waals surface area contributed by atoms with E-state index in [-0.39, 0.29) is 12.0 Å². The maximum absolute atomic E-state index is 9.33. The summed E-state index contributed by atoms with van der Waals surface area (Å²) in [5.74, 6) is 1.25. The molecule has 1 aromatic rings. The highest BCUT2D eigenvalue weighted by Crippen LogP contribution is 2.59. The molecule has 1 saturated carbocycles. The van der Waals surface area contributed by atoms with Crippen molar-refractivity contribution in [1.29, 1.82) is 0 Å². The first-order valence-electron chi connectivity index (χ1n) is 5.21. The Balaban J connectivity index is 2.25. The number of hydrogen-bond donors (Lipinski definition) is 2. The Bertz CT molecular complexity index is 347. The van der Waals surface area contributed by atoms with Crippen LogP contribution in [0.3, 0.4) is 0 Å². The van der Waals surface area contributed by atoms with Crippen LogP contribution in [0.15, 0.2) is 24.3 Å². The summed E-state index contributed by atoms with van der Waals surface area (Å²) in [6.45, 7) is 0.693. The van der Waals surface area contributed by atoms with Crippen LogP contribution in [-0.2, 0) is 0 Å². The average molecular weight is 207 g/mol. The molecule has 1 aromatic carbocycles. The number of para-hydroxylation sites is 1. The highest BCUT2D eigenvalue weighted by atomic mass is 16.5. The maximum Gasteiger partial charge on any atom is 0.122 e. The van der Waals surface area contributed by atoms with Crippen LogP contribution in [-0.4, -0.2) is 25.4 Å². The number of aliphatic hydroxyl groups excluding tert-OH is 1. The number of aliphatic hydroxyl groups is 1. The first kappa shape index (κ1) is 10.5. The number of hydrogen-bond acceptors (Lipinski definition) is 3. The molecule has 82 valence electrons. The summed E-state index contributed by atoms with van der Waals surface area (Å²) >= 11 is 0. The van der Waals surface area contributed by atoms with Crippen molar-refractivity contribution >= 4 is 0 Å². The van der Waals surface area contributed by atoms with E-state index in [2.05, 4.69) is 6.07 Å². The zero-order chi connectivity index (χ0) is 10.9. The number of nitrogens with two attached hydrogens (primary N) is 1. The van der Waals surface area contributed by atoms with Crippen LogP contribution in [0.25, 0.3) is 0 Å². The molecule has 0 bridgehead atoms. The van der Waals surface area contributed by atoms with E-state index in [9.17, 15) is 5.11 Å². The van der Waals surface area contributed by atoms with Crippen LogP contribution >= 0.6 is 0 Å². The van der Waals surface area contributed by atoms with E-state index in [0.717, 1.165) is 12.2 Å². The largest absolute Gasteiger partial charge is 0.496 e. The van der Waals surface area contributed by atoms with Crippen LogP contribution in [0.4, 0.5) is 0 Å². The van der Waals surface area contributed by atoms with Crippen molar-refractivity contribution < 1.29 is 9.84 Å². The molecule has 0 spiro atoms. The first-order valence-corrected chi connectivity index (χ1v) is 5.21. The van der Waals surface area contributed by atoms with E-state index in [4.69, 9.17) is 10.5 Å². The van der Waals surface area contributed by atoms with Gasteiger partial charge in [0, 0.05) is 12.0 Å². The van der Waals surface area contributed by atoms with Gasteiger partial charge in [-0.2, -0.15) is 0 Å². The molecule has 15 heavy (non-hydrogen) atoms. The second-order valence-electron chi connectivity index (χ2n) is 4.22. The first-order chi connectivity index (χ1) is 7.27. The van der Waals surface area contributed by atoms with Crippen molar-refractivity contribution in [3.05, 3.63) is 29.8 Å². The maximum atomic E-state index is 9.33. The second-order valence-corrected chi connectivity index (χ2v) is 4.22.